The fraction of sp³-hybridized carbons (Fsp3) is 0.214. The van der Waals surface area contributed by atoms with Crippen LogP contribution >= 0.6 is 0 Å². The van der Waals surface area contributed by atoms with E-state index in [1.54, 1.807) is 17.0 Å². The van der Waals surface area contributed by atoms with Gasteiger partial charge in [-0.15, -0.1) is 0 Å². The van der Waals surface area contributed by atoms with E-state index in [-0.39, 0.29) is 0 Å². The molecule has 18 heavy (non-hydrogen) atoms. The van der Waals surface area contributed by atoms with E-state index in [0.717, 1.165) is 11.3 Å². The summed E-state index contributed by atoms with van der Waals surface area (Å²) in [5.41, 5.74) is 2.15. The molecular weight excluding hydrogens is 224 g/mol. The predicted octanol–water partition coefficient (Wildman–Crippen LogP) is 2.59. The summed E-state index contributed by atoms with van der Waals surface area (Å²) in [6.07, 6.45) is 12.8. The number of rotatable bonds is 6. The average Bonchev–Trinajstić information content (AvgIpc) is 2.36. The number of aryl methyl sites for hydroxylation is 1. The molecule has 1 aromatic heterocycles. The average molecular weight is 243 g/mol. The fourth-order valence-electron chi connectivity index (χ4n) is 1.29. The number of nitrogens with one attached hydrogen (secondary N) is 1. The van der Waals surface area contributed by atoms with Crippen LogP contribution in [0.4, 0.5) is 5.69 Å². The lowest BCUT2D eigenvalue weighted by Crippen LogP contribution is -1.99. The van der Waals surface area contributed by atoms with E-state index < -0.39 is 0 Å². The minimum Gasteiger partial charge on any atom is -0.361 e. The quantitative estimate of drug-likeness (QED) is 0.616. The van der Waals surface area contributed by atoms with Crippen LogP contribution in [0.5, 0.6) is 0 Å². The number of nitrogens with zero attached hydrogens (tertiary/aromatic N) is 3. The van der Waals surface area contributed by atoms with Crippen molar-refractivity contribution >= 4 is 18.6 Å². The monoisotopic (exact) mass is 243 g/mol. The van der Waals surface area contributed by atoms with E-state index in [0.29, 0.717) is 6.67 Å². The highest BCUT2D eigenvalue weighted by atomic mass is 15.1. The van der Waals surface area contributed by atoms with Crippen LogP contribution in [-0.2, 0) is 0 Å². The van der Waals surface area contributed by atoms with Crippen LogP contribution in [0.25, 0.3) is 0 Å². The van der Waals surface area contributed by atoms with E-state index in [4.69, 9.17) is 0 Å². The highest BCUT2D eigenvalue weighted by Crippen LogP contribution is 2.10. The molecule has 4 nitrogen and oxygen atoms in total. The van der Waals surface area contributed by atoms with Crippen LogP contribution in [0, 0.1) is 6.92 Å². The first kappa shape index (κ1) is 13.8. The second-order valence-electron chi connectivity index (χ2n) is 3.74. The fourth-order valence-corrected chi connectivity index (χ4v) is 1.29. The number of aromatic nitrogens is 1. The van der Waals surface area contributed by atoms with Gasteiger partial charge in [0.15, 0.2) is 6.20 Å². The van der Waals surface area contributed by atoms with Crippen molar-refractivity contribution in [2.75, 3.05) is 12.0 Å². The molecule has 0 aromatic carbocycles. The Morgan fingerprint density at radius 1 is 1.56 bits per heavy atom. The molecule has 0 bridgehead atoms. The van der Waals surface area contributed by atoms with Crippen LogP contribution < -0.4 is 5.32 Å². The van der Waals surface area contributed by atoms with Crippen LogP contribution in [0.2, 0.25) is 0 Å². The first-order chi connectivity index (χ1) is 8.74. The number of aliphatic imine (C=N–C) groups is 1. The highest BCUT2D eigenvalue weighted by Gasteiger charge is 1.92. The van der Waals surface area contributed by atoms with E-state index >= 15 is 0 Å². The van der Waals surface area contributed by atoms with Crippen molar-refractivity contribution in [3.05, 3.63) is 48.6 Å². The number of hydrogen-bond donors (Lipinski definition) is 1. The lowest BCUT2D eigenvalue weighted by molar-refractivity contribution is -0.445. The van der Waals surface area contributed by atoms with Gasteiger partial charge in [-0.3, -0.25) is 4.98 Å². The summed E-state index contributed by atoms with van der Waals surface area (Å²) >= 11 is 0. The Balaban J connectivity index is 2.36. The Kier molecular flexibility index (Phi) is 6.11. The van der Waals surface area contributed by atoms with Crippen LogP contribution in [-0.4, -0.2) is 29.2 Å². The normalized spacial score (nSPS) is 11.7. The molecule has 1 N–H and O–H groups in total. The minimum absolute atomic E-state index is 0.545. The number of hydrogen-bond acceptors (Lipinski definition) is 3. The summed E-state index contributed by atoms with van der Waals surface area (Å²) in [4.78, 5) is 8.22. The van der Waals surface area contributed by atoms with Gasteiger partial charge in [0.25, 0.3) is 0 Å². The van der Waals surface area contributed by atoms with Crippen molar-refractivity contribution in [3.8, 4) is 0 Å². The Hall–Kier alpha value is -2.23. The topological polar surface area (TPSA) is 40.3 Å². The molecule has 0 spiro atoms. The van der Waals surface area contributed by atoms with Gasteiger partial charge in [-0.1, -0.05) is 0 Å². The van der Waals surface area contributed by atoms with Gasteiger partial charge in [0.1, 0.15) is 6.72 Å². The number of pyridine rings is 1. The highest BCUT2D eigenvalue weighted by molar-refractivity contribution is 5.71. The Morgan fingerprint density at radius 3 is 3.11 bits per heavy atom. The summed E-state index contributed by atoms with van der Waals surface area (Å²) in [6.45, 7) is 8.29. The molecule has 0 saturated heterocycles. The molecular formula is C14H19N4+. The first-order valence-corrected chi connectivity index (χ1v) is 5.76. The number of allylic oxidation sites excluding steroid dienone is 2. The molecule has 0 radical (unpaired) electrons. The third kappa shape index (κ3) is 5.21. The van der Waals surface area contributed by atoms with Gasteiger partial charge in [-0.2, -0.15) is 4.58 Å². The van der Waals surface area contributed by atoms with Crippen LogP contribution in [0.15, 0.2) is 48.0 Å². The van der Waals surface area contributed by atoms with Crippen molar-refractivity contribution in [3.63, 3.8) is 0 Å². The maximum absolute atomic E-state index is 4.19. The third-order valence-electron chi connectivity index (χ3n) is 2.17. The van der Waals surface area contributed by atoms with Gasteiger partial charge in [-0.25, -0.2) is 4.99 Å². The van der Waals surface area contributed by atoms with Crippen LogP contribution in [0.3, 0.4) is 0 Å². The SMILES string of the molecule is C=[N+](/C=C\C)CN=C/C=C\Nc1ccncc1C. The molecule has 0 unspecified atom stereocenters. The van der Waals surface area contributed by atoms with Crippen molar-refractivity contribution in [1.82, 2.24) is 4.98 Å². The van der Waals surface area contributed by atoms with E-state index in [2.05, 4.69) is 22.0 Å². The summed E-state index contributed by atoms with van der Waals surface area (Å²) in [7, 11) is 0. The lowest BCUT2D eigenvalue weighted by Gasteiger charge is -2.02. The van der Waals surface area contributed by atoms with Gasteiger partial charge >= 0.3 is 0 Å². The summed E-state index contributed by atoms with van der Waals surface area (Å²) in [6, 6.07) is 1.93. The largest absolute Gasteiger partial charge is 0.361 e. The maximum atomic E-state index is 4.19. The van der Waals surface area contributed by atoms with Crippen molar-refractivity contribution in [2.24, 2.45) is 4.99 Å². The lowest BCUT2D eigenvalue weighted by atomic mass is 10.2. The summed E-state index contributed by atoms with van der Waals surface area (Å²) in [5.74, 6) is 0. The zero-order valence-corrected chi connectivity index (χ0v) is 10.9. The molecule has 0 aliphatic heterocycles. The van der Waals surface area contributed by atoms with Gasteiger partial charge in [0.05, 0.1) is 0 Å². The van der Waals surface area contributed by atoms with E-state index in [9.17, 15) is 0 Å². The van der Waals surface area contributed by atoms with Gasteiger partial charge < -0.3 is 5.32 Å². The zero-order valence-electron chi connectivity index (χ0n) is 10.9. The molecule has 1 aromatic rings. The maximum Gasteiger partial charge on any atom is 0.240 e. The summed E-state index contributed by atoms with van der Waals surface area (Å²) in [5, 5.41) is 3.17. The Bertz CT molecular complexity index is 472. The standard InChI is InChI=1S/C14H19N4/c1-4-10-18(3)12-16-7-5-8-17-14-6-9-15-11-13(14)2/h4-11H,3,12H2,1-2H3,(H,15,17)/q+1/b8-5-,10-4-,16-7?. The molecule has 94 valence electrons. The second-order valence-corrected chi connectivity index (χ2v) is 3.74. The molecule has 0 aliphatic rings. The van der Waals surface area contributed by atoms with E-state index in [1.165, 1.54) is 0 Å². The first-order valence-electron chi connectivity index (χ1n) is 5.76. The van der Waals surface area contributed by atoms with Gasteiger partial charge in [0, 0.05) is 30.5 Å². The second kappa shape index (κ2) is 7.95. The molecule has 1 heterocycles. The molecule has 0 amide bonds. The molecule has 0 fully saturated rings. The minimum atomic E-state index is 0.545. The summed E-state index contributed by atoms with van der Waals surface area (Å²) < 4.78 is 1.75. The predicted molar refractivity (Wildman–Crippen MR) is 77.3 cm³/mol. The Morgan fingerprint density at radius 2 is 2.39 bits per heavy atom. The smallest absolute Gasteiger partial charge is 0.240 e. The van der Waals surface area contributed by atoms with Crippen molar-refractivity contribution in [2.45, 2.75) is 13.8 Å². The van der Waals surface area contributed by atoms with Crippen molar-refractivity contribution in [1.29, 1.82) is 0 Å². The van der Waals surface area contributed by atoms with Crippen molar-refractivity contribution < 1.29 is 4.58 Å². The zero-order chi connectivity index (χ0) is 13.2. The third-order valence-corrected chi connectivity index (χ3v) is 2.17. The molecule has 1 rings (SSSR count). The van der Waals surface area contributed by atoms with Gasteiger partial charge in [-0.05, 0) is 37.6 Å². The Labute approximate surface area is 108 Å². The van der Waals surface area contributed by atoms with Gasteiger partial charge in [0.2, 0.25) is 6.67 Å². The molecule has 0 aliphatic carbocycles. The van der Waals surface area contributed by atoms with E-state index in [1.807, 2.05) is 50.7 Å². The molecule has 0 saturated carbocycles. The number of anilines is 1. The molecule has 0 atom stereocenters. The molecule has 4 heteroatoms. The van der Waals surface area contributed by atoms with Crippen LogP contribution in [0.1, 0.15) is 12.5 Å².